The summed E-state index contributed by atoms with van der Waals surface area (Å²) in [7, 11) is 0. The van der Waals surface area contributed by atoms with Crippen LogP contribution in [0.25, 0.3) is 10.6 Å². The number of aryl methyl sites for hydroxylation is 1. The maximum Gasteiger partial charge on any atom is 0.226 e. The number of thiazole rings is 1. The van der Waals surface area contributed by atoms with Crippen LogP contribution in [0.5, 0.6) is 0 Å². The van der Waals surface area contributed by atoms with Gasteiger partial charge in [0.25, 0.3) is 0 Å². The van der Waals surface area contributed by atoms with E-state index in [1.807, 2.05) is 36.6 Å². The number of aliphatic hydroxyl groups excluding tert-OH is 1. The minimum absolute atomic E-state index is 0.0210. The minimum Gasteiger partial charge on any atom is -0.386 e. The zero-order valence-electron chi connectivity index (χ0n) is 15.4. The van der Waals surface area contributed by atoms with Gasteiger partial charge in [0.2, 0.25) is 5.91 Å². The molecule has 3 aromatic rings. The van der Waals surface area contributed by atoms with Crippen molar-refractivity contribution in [2.24, 2.45) is 0 Å². The smallest absolute Gasteiger partial charge is 0.226 e. The number of nitrogens with one attached hydrogen (secondary N) is 1. The van der Waals surface area contributed by atoms with Crippen LogP contribution < -0.4 is 5.32 Å². The largest absolute Gasteiger partial charge is 0.386 e. The third-order valence-corrected chi connectivity index (χ3v) is 5.59. The molecule has 0 saturated heterocycles. The minimum atomic E-state index is -1.25. The van der Waals surface area contributed by atoms with E-state index in [-0.39, 0.29) is 22.9 Å². The number of nitrogens with zero attached hydrogens (tertiary/aromatic N) is 1. The number of hydrogen-bond acceptors (Lipinski definition) is 4. The van der Waals surface area contributed by atoms with Gasteiger partial charge in [-0.05, 0) is 32.0 Å². The predicted octanol–water partition coefficient (Wildman–Crippen LogP) is 4.69. The first-order chi connectivity index (χ1) is 13.3. The summed E-state index contributed by atoms with van der Waals surface area (Å²) in [4.78, 5) is 16.9. The first kappa shape index (κ1) is 20.5. The van der Waals surface area contributed by atoms with Gasteiger partial charge in [-0.1, -0.05) is 41.4 Å². The second kappa shape index (κ2) is 8.82. The van der Waals surface area contributed by atoms with Crippen LogP contribution in [-0.2, 0) is 11.2 Å². The summed E-state index contributed by atoms with van der Waals surface area (Å²) < 4.78 is 14.0. The second-order valence-electron chi connectivity index (χ2n) is 6.63. The Labute approximate surface area is 172 Å². The van der Waals surface area contributed by atoms with Gasteiger partial charge in [0, 0.05) is 21.5 Å². The van der Waals surface area contributed by atoms with Crippen molar-refractivity contribution in [1.82, 2.24) is 10.3 Å². The number of carbonyl (C=O) groups excluding carboxylic acids is 1. The molecule has 0 aliphatic rings. The van der Waals surface area contributed by atoms with E-state index < -0.39 is 18.0 Å². The molecule has 1 aromatic heterocycles. The van der Waals surface area contributed by atoms with Gasteiger partial charge in [0.1, 0.15) is 16.9 Å². The van der Waals surface area contributed by atoms with Crippen molar-refractivity contribution < 1.29 is 14.3 Å². The van der Waals surface area contributed by atoms with Crippen molar-refractivity contribution in [3.63, 3.8) is 0 Å². The monoisotopic (exact) mass is 418 g/mol. The fourth-order valence-corrected chi connectivity index (χ4v) is 3.98. The molecule has 28 heavy (non-hydrogen) atoms. The average molecular weight is 419 g/mol. The summed E-state index contributed by atoms with van der Waals surface area (Å²) in [6.07, 6.45) is -1.18. The van der Waals surface area contributed by atoms with Crippen LogP contribution in [0.3, 0.4) is 0 Å². The van der Waals surface area contributed by atoms with Crippen LogP contribution >= 0.6 is 22.9 Å². The zero-order valence-corrected chi connectivity index (χ0v) is 17.0. The van der Waals surface area contributed by atoms with E-state index in [1.165, 1.54) is 29.5 Å². The number of rotatable bonds is 6. The highest BCUT2D eigenvalue weighted by atomic mass is 35.5. The Morgan fingerprint density at radius 3 is 2.79 bits per heavy atom. The highest BCUT2D eigenvalue weighted by Gasteiger charge is 2.24. The lowest BCUT2D eigenvalue weighted by molar-refractivity contribution is -0.121. The number of amides is 1. The van der Waals surface area contributed by atoms with E-state index in [0.717, 1.165) is 16.1 Å². The Morgan fingerprint density at radius 2 is 2.07 bits per heavy atom. The predicted molar refractivity (Wildman–Crippen MR) is 110 cm³/mol. The van der Waals surface area contributed by atoms with E-state index in [4.69, 9.17) is 11.6 Å². The maximum absolute atomic E-state index is 14.0. The van der Waals surface area contributed by atoms with Crippen molar-refractivity contribution in [2.75, 3.05) is 0 Å². The number of benzene rings is 2. The number of aromatic nitrogens is 1. The van der Waals surface area contributed by atoms with E-state index in [2.05, 4.69) is 10.3 Å². The van der Waals surface area contributed by atoms with Crippen molar-refractivity contribution >= 4 is 28.8 Å². The normalized spacial score (nSPS) is 13.2. The second-order valence-corrected chi connectivity index (χ2v) is 7.89. The number of halogens is 2. The Kier molecular flexibility index (Phi) is 6.44. The highest BCUT2D eigenvalue weighted by molar-refractivity contribution is 7.13. The van der Waals surface area contributed by atoms with E-state index in [0.29, 0.717) is 5.69 Å². The molecule has 2 atom stereocenters. The molecule has 1 amide bonds. The van der Waals surface area contributed by atoms with Crippen LogP contribution in [0, 0.1) is 12.7 Å². The molecule has 0 aliphatic heterocycles. The maximum atomic E-state index is 14.0. The Hall–Kier alpha value is -2.28. The Balaban J connectivity index is 1.64. The Bertz CT molecular complexity index is 972. The molecule has 2 aromatic carbocycles. The lowest BCUT2D eigenvalue weighted by Gasteiger charge is -2.21. The lowest BCUT2D eigenvalue weighted by atomic mass is 10.0. The average Bonchev–Trinajstić information content (AvgIpc) is 3.09. The van der Waals surface area contributed by atoms with Gasteiger partial charge < -0.3 is 10.4 Å². The van der Waals surface area contributed by atoms with Gasteiger partial charge in [0.15, 0.2) is 0 Å². The molecule has 146 valence electrons. The van der Waals surface area contributed by atoms with Crippen molar-refractivity contribution in [3.05, 3.63) is 75.5 Å². The summed E-state index contributed by atoms with van der Waals surface area (Å²) in [6, 6.07) is 11.5. The molecule has 0 saturated carbocycles. The van der Waals surface area contributed by atoms with Gasteiger partial charge in [-0.15, -0.1) is 11.3 Å². The zero-order chi connectivity index (χ0) is 20.3. The molecule has 0 radical (unpaired) electrons. The third-order valence-electron chi connectivity index (χ3n) is 4.32. The first-order valence-corrected chi connectivity index (χ1v) is 10.0. The topological polar surface area (TPSA) is 62.2 Å². The summed E-state index contributed by atoms with van der Waals surface area (Å²) in [6.45, 7) is 3.62. The molecule has 3 rings (SSSR count). The van der Waals surface area contributed by atoms with Crippen LogP contribution in [0.2, 0.25) is 5.02 Å². The van der Waals surface area contributed by atoms with E-state index >= 15 is 0 Å². The van der Waals surface area contributed by atoms with Gasteiger partial charge >= 0.3 is 0 Å². The number of carbonyl (C=O) groups is 1. The number of hydrogen-bond donors (Lipinski definition) is 2. The number of aliphatic hydroxyl groups is 1. The molecule has 7 heteroatoms. The summed E-state index contributed by atoms with van der Waals surface area (Å²) in [5.74, 6) is -0.913. The van der Waals surface area contributed by atoms with E-state index in [1.54, 1.807) is 6.92 Å². The molecule has 0 fully saturated rings. The van der Waals surface area contributed by atoms with Crippen LogP contribution in [-0.4, -0.2) is 22.0 Å². The van der Waals surface area contributed by atoms with Gasteiger partial charge in [0.05, 0.1) is 18.2 Å². The summed E-state index contributed by atoms with van der Waals surface area (Å²) >= 11 is 7.46. The molecule has 0 aliphatic carbocycles. The molecular formula is C21H20ClFN2O2S. The summed E-state index contributed by atoms with van der Waals surface area (Å²) in [5, 5.41) is 15.9. The fourth-order valence-electron chi connectivity index (χ4n) is 2.89. The fraction of sp³-hybridized carbons (Fsp3) is 0.238. The van der Waals surface area contributed by atoms with Crippen LogP contribution in [0.1, 0.15) is 29.8 Å². The first-order valence-electron chi connectivity index (χ1n) is 8.78. The quantitative estimate of drug-likeness (QED) is 0.610. The molecule has 2 N–H and O–H groups in total. The van der Waals surface area contributed by atoms with E-state index in [9.17, 15) is 14.3 Å². The molecule has 0 unspecified atom stereocenters. The molecular weight excluding hydrogens is 399 g/mol. The molecule has 0 spiro atoms. The van der Waals surface area contributed by atoms with Gasteiger partial charge in [-0.3, -0.25) is 4.79 Å². The van der Waals surface area contributed by atoms with Gasteiger partial charge in [-0.25, -0.2) is 9.37 Å². The third kappa shape index (κ3) is 4.76. The van der Waals surface area contributed by atoms with Crippen molar-refractivity contribution in [1.29, 1.82) is 0 Å². The Morgan fingerprint density at radius 1 is 1.32 bits per heavy atom. The highest BCUT2D eigenvalue weighted by Crippen LogP contribution is 2.28. The molecule has 0 bridgehead atoms. The van der Waals surface area contributed by atoms with Crippen LogP contribution in [0.4, 0.5) is 4.39 Å². The SMILES string of the molecule is Cc1cccc(-c2nc(CC(=O)N[C@@H](C)[C@@H](O)c3c(F)cccc3Cl)cs2)c1. The van der Waals surface area contributed by atoms with Crippen molar-refractivity contribution in [2.45, 2.75) is 32.4 Å². The van der Waals surface area contributed by atoms with Crippen molar-refractivity contribution in [3.8, 4) is 10.6 Å². The van der Waals surface area contributed by atoms with Crippen LogP contribution in [0.15, 0.2) is 47.8 Å². The standard InChI is InChI=1S/C21H20ClFN2O2S/c1-12-5-3-6-14(9-12)21-25-15(11-28-21)10-18(26)24-13(2)20(27)19-16(22)7-4-8-17(19)23/h3-9,11,13,20,27H,10H2,1-2H3,(H,24,26)/t13-,20+/m0/s1. The van der Waals surface area contributed by atoms with Gasteiger partial charge in [-0.2, -0.15) is 0 Å². The summed E-state index contributed by atoms with van der Waals surface area (Å²) in [5.41, 5.74) is 2.77. The molecule has 1 heterocycles. The molecule has 4 nitrogen and oxygen atoms in total. The lowest BCUT2D eigenvalue weighted by Crippen LogP contribution is -2.38.